The van der Waals surface area contributed by atoms with Gasteiger partial charge in [-0.1, -0.05) is 0 Å². The van der Waals surface area contributed by atoms with Gasteiger partial charge >= 0.3 is 0 Å². The van der Waals surface area contributed by atoms with Crippen molar-refractivity contribution >= 4 is 5.91 Å². The average molecular weight is 227 g/mol. The fourth-order valence-corrected chi connectivity index (χ4v) is 1.42. The predicted octanol–water partition coefficient (Wildman–Crippen LogP) is 1.22. The number of amides is 1. The number of carbonyl (C=O) groups is 1. The van der Waals surface area contributed by atoms with Gasteiger partial charge in [0.05, 0.1) is 12.1 Å². The molecule has 0 bridgehead atoms. The normalized spacial score (nSPS) is 16.9. The summed E-state index contributed by atoms with van der Waals surface area (Å²) in [5, 5.41) is 11.6. The van der Waals surface area contributed by atoms with E-state index < -0.39 is 23.1 Å². The highest BCUT2D eigenvalue weighted by molar-refractivity contribution is 5.94. The summed E-state index contributed by atoms with van der Waals surface area (Å²) >= 11 is 0. The zero-order valence-electron chi connectivity index (χ0n) is 8.46. The van der Waals surface area contributed by atoms with Crippen LogP contribution in [0.2, 0.25) is 0 Å². The van der Waals surface area contributed by atoms with Gasteiger partial charge in [-0.25, -0.2) is 8.78 Å². The summed E-state index contributed by atoms with van der Waals surface area (Å²) < 4.78 is 25.5. The fraction of sp³-hybridized carbons (Fsp3) is 0.364. The van der Waals surface area contributed by atoms with E-state index in [0.717, 1.165) is 12.1 Å². The van der Waals surface area contributed by atoms with Crippen LogP contribution in [0, 0.1) is 11.6 Å². The largest absolute Gasteiger partial charge is 0.394 e. The molecule has 0 heterocycles. The third-order valence-corrected chi connectivity index (χ3v) is 2.72. The van der Waals surface area contributed by atoms with Gasteiger partial charge in [-0.2, -0.15) is 0 Å². The lowest BCUT2D eigenvalue weighted by molar-refractivity contribution is 0.0906. The van der Waals surface area contributed by atoms with E-state index in [9.17, 15) is 13.6 Å². The SMILES string of the molecule is O=C(NC1(CO)CC1)c1ccc(F)c(F)c1. The maximum atomic E-state index is 12.9. The number of hydrogen-bond acceptors (Lipinski definition) is 2. The zero-order valence-corrected chi connectivity index (χ0v) is 8.46. The number of halogens is 2. The van der Waals surface area contributed by atoms with E-state index in [1.807, 2.05) is 0 Å². The molecule has 1 amide bonds. The van der Waals surface area contributed by atoms with Crippen molar-refractivity contribution in [3.63, 3.8) is 0 Å². The third kappa shape index (κ3) is 2.04. The molecule has 1 aliphatic carbocycles. The first-order valence-corrected chi connectivity index (χ1v) is 4.95. The van der Waals surface area contributed by atoms with Crippen molar-refractivity contribution in [3.8, 4) is 0 Å². The molecule has 1 fully saturated rings. The molecule has 1 aromatic carbocycles. The molecule has 0 atom stereocenters. The van der Waals surface area contributed by atoms with Crippen LogP contribution in [0.3, 0.4) is 0 Å². The molecule has 5 heteroatoms. The fourth-order valence-electron chi connectivity index (χ4n) is 1.42. The highest BCUT2D eigenvalue weighted by Crippen LogP contribution is 2.34. The first-order valence-electron chi connectivity index (χ1n) is 4.95. The minimum atomic E-state index is -1.05. The lowest BCUT2D eigenvalue weighted by atomic mass is 10.2. The van der Waals surface area contributed by atoms with Crippen LogP contribution in [-0.4, -0.2) is 23.2 Å². The monoisotopic (exact) mass is 227 g/mol. The summed E-state index contributed by atoms with van der Waals surface area (Å²) in [4.78, 5) is 11.6. The van der Waals surface area contributed by atoms with Crippen molar-refractivity contribution in [3.05, 3.63) is 35.4 Å². The third-order valence-electron chi connectivity index (χ3n) is 2.72. The number of aliphatic hydroxyl groups excluding tert-OH is 1. The van der Waals surface area contributed by atoms with Crippen LogP contribution in [0.1, 0.15) is 23.2 Å². The quantitative estimate of drug-likeness (QED) is 0.815. The molecule has 1 aromatic rings. The smallest absolute Gasteiger partial charge is 0.251 e. The van der Waals surface area contributed by atoms with E-state index in [0.29, 0.717) is 12.8 Å². The van der Waals surface area contributed by atoms with Gasteiger partial charge in [0.15, 0.2) is 11.6 Å². The predicted molar refractivity (Wildman–Crippen MR) is 52.9 cm³/mol. The lowest BCUT2D eigenvalue weighted by Gasteiger charge is -2.14. The minimum absolute atomic E-state index is 0.0543. The Bertz CT molecular complexity index is 430. The summed E-state index contributed by atoms with van der Waals surface area (Å²) in [7, 11) is 0. The Morgan fingerprint density at radius 2 is 2.06 bits per heavy atom. The Kier molecular flexibility index (Phi) is 2.63. The Hall–Kier alpha value is -1.49. The van der Waals surface area contributed by atoms with E-state index in [1.165, 1.54) is 6.07 Å². The molecule has 0 spiro atoms. The Balaban J connectivity index is 2.12. The van der Waals surface area contributed by atoms with Crippen LogP contribution in [0.15, 0.2) is 18.2 Å². The molecule has 16 heavy (non-hydrogen) atoms. The highest BCUT2D eigenvalue weighted by Gasteiger charge is 2.43. The summed E-state index contributed by atoms with van der Waals surface area (Å²) in [5.74, 6) is -2.54. The number of benzene rings is 1. The Morgan fingerprint density at radius 1 is 1.38 bits per heavy atom. The molecular weight excluding hydrogens is 216 g/mol. The van der Waals surface area contributed by atoms with Crippen LogP contribution in [0.5, 0.6) is 0 Å². The molecule has 0 unspecified atom stereocenters. The molecular formula is C11H11F2NO2. The maximum Gasteiger partial charge on any atom is 0.251 e. The molecule has 0 saturated heterocycles. The van der Waals surface area contributed by atoms with Crippen molar-refractivity contribution in [1.82, 2.24) is 5.32 Å². The summed E-state index contributed by atoms with van der Waals surface area (Å²) in [5.41, 5.74) is -0.499. The number of hydrogen-bond donors (Lipinski definition) is 2. The first-order chi connectivity index (χ1) is 7.56. The second kappa shape index (κ2) is 3.83. The zero-order chi connectivity index (χ0) is 11.8. The number of nitrogens with one attached hydrogen (secondary N) is 1. The van der Waals surface area contributed by atoms with Crippen molar-refractivity contribution in [2.45, 2.75) is 18.4 Å². The highest BCUT2D eigenvalue weighted by atomic mass is 19.2. The van der Waals surface area contributed by atoms with E-state index in [-0.39, 0.29) is 12.2 Å². The molecule has 1 saturated carbocycles. The van der Waals surface area contributed by atoms with Gasteiger partial charge in [0, 0.05) is 5.56 Å². The molecule has 2 rings (SSSR count). The maximum absolute atomic E-state index is 12.9. The topological polar surface area (TPSA) is 49.3 Å². The van der Waals surface area contributed by atoms with Crippen molar-refractivity contribution in [2.75, 3.05) is 6.61 Å². The van der Waals surface area contributed by atoms with Crippen LogP contribution < -0.4 is 5.32 Å². The average Bonchev–Trinajstić information content (AvgIpc) is 3.02. The number of carbonyl (C=O) groups excluding carboxylic acids is 1. The summed E-state index contributed by atoms with van der Waals surface area (Å²) in [6.07, 6.45) is 1.41. The minimum Gasteiger partial charge on any atom is -0.394 e. The van der Waals surface area contributed by atoms with Gasteiger partial charge in [-0.05, 0) is 31.0 Å². The molecule has 2 N–H and O–H groups in total. The Morgan fingerprint density at radius 3 is 2.56 bits per heavy atom. The summed E-state index contributed by atoms with van der Waals surface area (Å²) in [6.45, 7) is -0.136. The van der Waals surface area contributed by atoms with E-state index >= 15 is 0 Å². The van der Waals surface area contributed by atoms with E-state index in [1.54, 1.807) is 0 Å². The second-order valence-corrected chi connectivity index (χ2v) is 4.02. The van der Waals surface area contributed by atoms with Crippen LogP contribution in [0.25, 0.3) is 0 Å². The number of rotatable bonds is 3. The van der Waals surface area contributed by atoms with E-state index in [4.69, 9.17) is 5.11 Å². The molecule has 3 nitrogen and oxygen atoms in total. The Labute approximate surface area is 91.1 Å². The number of aliphatic hydroxyl groups is 1. The molecule has 0 radical (unpaired) electrons. The summed E-state index contributed by atoms with van der Waals surface area (Å²) in [6, 6.07) is 2.96. The van der Waals surface area contributed by atoms with Gasteiger partial charge < -0.3 is 10.4 Å². The van der Waals surface area contributed by atoms with Gasteiger partial charge in [-0.3, -0.25) is 4.79 Å². The van der Waals surface area contributed by atoms with Crippen LogP contribution in [-0.2, 0) is 0 Å². The van der Waals surface area contributed by atoms with E-state index in [2.05, 4.69) is 5.32 Å². The molecule has 86 valence electrons. The standard InChI is InChI=1S/C11H11F2NO2/c12-8-2-1-7(5-9(8)13)10(16)14-11(6-15)3-4-11/h1-2,5,15H,3-4,6H2,(H,14,16). The van der Waals surface area contributed by atoms with Gasteiger partial charge in [0.25, 0.3) is 5.91 Å². The van der Waals surface area contributed by atoms with Crippen molar-refractivity contribution in [1.29, 1.82) is 0 Å². The van der Waals surface area contributed by atoms with Gasteiger partial charge in [0.1, 0.15) is 0 Å². The molecule has 1 aliphatic rings. The van der Waals surface area contributed by atoms with Crippen LogP contribution >= 0.6 is 0 Å². The molecule has 0 aliphatic heterocycles. The van der Waals surface area contributed by atoms with Crippen LogP contribution in [0.4, 0.5) is 8.78 Å². The van der Waals surface area contributed by atoms with Crippen molar-refractivity contribution in [2.24, 2.45) is 0 Å². The lowest BCUT2D eigenvalue weighted by Crippen LogP contribution is -2.39. The molecule has 0 aromatic heterocycles. The van der Waals surface area contributed by atoms with Gasteiger partial charge in [-0.15, -0.1) is 0 Å². The van der Waals surface area contributed by atoms with Crippen molar-refractivity contribution < 1.29 is 18.7 Å². The van der Waals surface area contributed by atoms with Gasteiger partial charge in [0.2, 0.25) is 0 Å². The second-order valence-electron chi connectivity index (χ2n) is 4.02. The first kappa shape index (κ1) is 11.0.